The SMILES string of the molecule is Cc1cccc(-c2nsc(NC(C)C)n2)c1. The van der Waals surface area contributed by atoms with Gasteiger partial charge in [0.15, 0.2) is 5.82 Å². The van der Waals surface area contributed by atoms with Crippen LogP contribution in [0, 0.1) is 6.92 Å². The molecule has 1 N–H and O–H groups in total. The fourth-order valence-electron chi connectivity index (χ4n) is 1.43. The summed E-state index contributed by atoms with van der Waals surface area (Å²) in [6.45, 7) is 6.25. The zero-order valence-corrected chi connectivity index (χ0v) is 10.5. The molecule has 0 aliphatic rings. The lowest BCUT2D eigenvalue weighted by Crippen LogP contribution is -2.08. The standard InChI is InChI=1S/C12H15N3S/c1-8(2)13-12-14-11(15-16-12)10-6-4-5-9(3)7-10/h4-8H,1-3H3,(H,13,14,15). The second-order valence-electron chi connectivity index (χ2n) is 4.09. The highest BCUT2D eigenvalue weighted by Crippen LogP contribution is 2.22. The van der Waals surface area contributed by atoms with Crippen molar-refractivity contribution in [2.45, 2.75) is 26.8 Å². The van der Waals surface area contributed by atoms with Crippen molar-refractivity contribution >= 4 is 16.7 Å². The van der Waals surface area contributed by atoms with Gasteiger partial charge in [-0.25, -0.2) is 0 Å². The average Bonchev–Trinajstić information content (AvgIpc) is 2.65. The van der Waals surface area contributed by atoms with E-state index in [-0.39, 0.29) is 0 Å². The smallest absolute Gasteiger partial charge is 0.203 e. The molecule has 0 saturated carbocycles. The first kappa shape index (κ1) is 11.1. The van der Waals surface area contributed by atoms with Gasteiger partial charge in [0.05, 0.1) is 0 Å². The molecule has 0 saturated heterocycles. The van der Waals surface area contributed by atoms with Gasteiger partial charge in [0.1, 0.15) is 0 Å². The van der Waals surface area contributed by atoms with Crippen molar-refractivity contribution in [3.05, 3.63) is 29.8 Å². The van der Waals surface area contributed by atoms with Crippen LogP contribution < -0.4 is 5.32 Å². The van der Waals surface area contributed by atoms with E-state index in [2.05, 4.69) is 47.6 Å². The first-order valence-electron chi connectivity index (χ1n) is 5.32. The summed E-state index contributed by atoms with van der Waals surface area (Å²) in [7, 11) is 0. The molecule has 0 amide bonds. The lowest BCUT2D eigenvalue weighted by Gasteiger charge is -2.03. The quantitative estimate of drug-likeness (QED) is 0.883. The van der Waals surface area contributed by atoms with Gasteiger partial charge >= 0.3 is 0 Å². The summed E-state index contributed by atoms with van der Waals surface area (Å²) >= 11 is 1.41. The number of aryl methyl sites for hydroxylation is 1. The molecule has 0 radical (unpaired) electrons. The predicted molar refractivity (Wildman–Crippen MR) is 68.8 cm³/mol. The van der Waals surface area contributed by atoms with Crippen molar-refractivity contribution in [2.75, 3.05) is 5.32 Å². The highest BCUT2D eigenvalue weighted by Gasteiger charge is 2.06. The van der Waals surface area contributed by atoms with Crippen molar-refractivity contribution < 1.29 is 0 Å². The van der Waals surface area contributed by atoms with Gasteiger partial charge < -0.3 is 5.32 Å². The van der Waals surface area contributed by atoms with Gasteiger partial charge in [-0.2, -0.15) is 9.36 Å². The molecular weight excluding hydrogens is 218 g/mol. The van der Waals surface area contributed by atoms with Crippen LogP contribution in [-0.4, -0.2) is 15.4 Å². The van der Waals surface area contributed by atoms with Crippen LogP contribution in [0.2, 0.25) is 0 Å². The molecule has 84 valence electrons. The molecule has 0 fully saturated rings. The second-order valence-corrected chi connectivity index (χ2v) is 4.84. The molecule has 0 bridgehead atoms. The lowest BCUT2D eigenvalue weighted by molar-refractivity contribution is 0.896. The van der Waals surface area contributed by atoms with E-state index in [0.29, 0.717) is 6.04 Å². The second kappa shape index (κ2) is 4.61. The van der Waals surface area contributed by atoms with Crippen LogP contribution in [0.25, 0.3) is 11.4 Å². The van der Waals surface area contributed by atoms with Crippen molar-refractivity contribution in [1.82, 2.24) is 9.36 Å². The van der Waals surface area contributed by atoms with Crippen LogP contribution in [0.5, 0.6) is 0 Å². The molecule has 2 aromatic rings. The number of hydrogen-bond acceptors (Lipinski definition) is 4. The van der Waals surface area contributed by atoms with E-state index in [1.54, 1.807) is 0 Å². The van der Waals surface area contributed by atoms with E-state index in [0.717, 1.165) is 16.5 Å². The Labute approximate surface area is 99.7 Å². The Morgan fingerprint density at radius 2 is 2.12 bits per heavy atom. The van der Waals surface area contributed by atoms with E-state index >= 15 is 0 Å². The fourth-order valence-corrected chi connectivity index (χ4v) is 2.17. The minimum absolute atomic E-state index is 0.387. The van der Waals surface area contributed by atoms with Crippen LogP contribution >= 0.6 is 11.5 Å². The maximum atomic E-state index is 4.46. The molecule has 1 aromatic carbocycles. The number of hydrogen-bond donors (Lipinski definition) is 1. The van der Waals surface area contributed by atoms with Gasteiger partial charge in [-0.3, -0.25) is 0 Å². The Morgan fingerprint density at radius 1 is 1.31 bits per heavy atom. The third kappa shape index (κ3) is 2.58. The van der Waals surface area contributed by atoms with Gasteiger partial charge in [0.25, 0.3) is 0 Å². The summed E-state index contributed by atoms with van der Waals surface area (Å²) in [6.07, 6.45) is 0. The average molecular weight is 233 g/mol. The van der Waals surface area contributed by atoms with Crippen molar-refractivity contribution in [3.8, 4) is 11.4 Å². The summed E-state index contributed by atoms with van der Waals surface area (Å²) < 4.78 is 4.35. The first-order valence-corrected chi connectivity index (χ1v) is 6.10. The molecule has 0 spiro atoms. The van der Waals surface area contributed by atoms with Crippen LogP contribution in [-0.2, 0) is 0 Å². The number of rotatable bonds is 3. The van der Waals surface area contributed by atoms with Gasteiger partial charge in [-0.1, -0.05) is 23.8 Å². The van der Waals surface area contributed by atoms with Gasteiger partial charge in [0, 0.05) is 23.1 Å². The molecular formula is C12H15N3S. The molecule has 4 heteroatoms. The third-order valence-corrected chi connectivity index (χ3v) is 2.76. The largest absolute Gasteiger partial charge is 0.358 e. The predicted octanol–water partition coefficient (Wildman–Crippen LogP) is 3.33. The third-order valence-electron chi connectivity index (χ3n) is 2.11. The number of anilines is 1. The fraction of sp³-hybridized carbons (Fsp3) is 0.333. The van der Waals surface area contributed by atoms with Gasteiger partial charge in [-0.05, 0) is 26.8 Å². The van der Waals surface area contributed by atoms with Crippen LogP contribution in [0.3, 0.4) is 0 Å². The van der Waals surface area contributed by atoms with E-state index < -0.39 is 0 Å². The Hall–Kier alpha value is -1.42. The molecule has 0 aliphatic carbocycles. The van der Waals surface area contributed by atoms with Crippen LogP contribution in [0.1, 0.15) is 19.4 Å². The maximum absolute atomic E-state index is 4.46. The number of benzene rings is 1. The maximum Gasteiger partial charge on any atom is 0.203 e. The molecule has 16 heavy (non-hydrogen) atoms. The number of nitrogens with one attached hydrogen (secondary N) is 1. The Kier molecular flexibility index (Phi) is 3.19. The first-order chi connectivity index (χ1) is 7.65. The van der Waals surface area contributed by atoms with Gasteiger partial charge in [-0.15, -0.1) is 0 Å². The minimum Gasteiger partial charge on any atom is -0.358 e. The van der Waals surface area contributed by atoms with E-state index in [1.807, 2.05) is 12.1 Å². The summed E-state index contributed by atoms with van der Waals surface area (Å²) in [5.74, 6) is 0.803. The Morgan fingerprint density at radius 3 is 2.81 bits per heavy atom. The summed E-state index contributed by atoms with van der Waals surface area (Å²) in [5.41, 5.74) is 2.30. The Balaban J connectivity index is 2.24. The Bertz CT molecular complexity index is 477. The molecule has 2 rings (SSSR count). The zero-order chi connectivity index (χ0) is 11.5. The zero-order valence-electron chi connectivity index (χ0n) is 9.69. The molecule has 1 heterocycles. The van der Waals surface area contributed by atoms with Crippen LogP contribution in [0.15, 0.2) is 24.3 Å². The van der Waals surface area contributed by atoms with Gasteiger partial charge in [0.2, 0.25) is 5.13 Å². The lowest BCUT2D eigenvalue weighted by atomic mass is 10.1. The molecule has 1 aromatic heterocycles. The number of nitrogens with zero attached hydrogens (tertiary/aromatic N) is 2. The van der Waals surface area contributed by atoms with Crippen LogP contribution in [0.4, 0.5) is 5.13 Å². The van der Waals surface area contributed by atoms with Crippen molar-refractivity contribution in [2.24, 2.45) is 0 Å². The molecule has 0 unspecified atom stereocenters. The minimum atomic E-state index is 0.387. The topological polar surface area (TPSA) is 37.8 Å². The molecule has 0 aliphatic heterocycles. The monoisotopic (exact) mass is 233 g/mol. The van der Waals surface area contributed by atoms with E-state index in [9.17, 15) is 0 Å². The van der Waals surface area contributed by atoms with Crippen molar-refractivity contribution in [1.29, 1.82) is 0 Å². The normalized spacial score (nSPS) is 10.8. The summed E-state index contributed by atoms with van der Waals surface area (Å²) in [5, 5.41) is 4.14. The number of aromatic nitrogens is 2. The van der Waals surface area contributed by atoms with Crippen molar-refractivity contribution in [3.63, 3.8) is 0 Å². The summed E-state index contributed by atoms with van der Waals surface area (Å²) in [4.78, 5) is 4.46. The molecule has 3 nitrogen and oxygen atoms in total. The van der Waals surface area contributed by atoms with E-state index in [4.69, 9.17) is 0 Å². The van der Waals surface area contributed by atoms with E-state index in [1.165, 1.54) is 17.1 Å². The molecule has 0 atom stereocenters. The summed E-state index contributed by atoms with van der Waals surface area (Å²) in [6, 6.07) is 8.62. The highest BCUT2D eigenvalue weighted by molar-refractivity contribution is 7.09. The highest BCUT2D eigenvalue weighted by atomic mass is 32.1.